The van der Waals surface area contributed by atoms with Gasteiger partial charge in [-0.15, -0.1) is 0 Å². The zero-order chi connectivity index (χ0) is 13.3. The van der Waals surface area contributed by atoms with E-state index in [1.165, 1.54) is 6.20 Å². The van der Waals surface area contributed by atoms with Gasteiger partial charge in [-0.25, -0.2) is 0 Å². The number of halogens is 2. The lowest BCUT2D eigenvalue weighted by Gasteiger charge is -2.15. The summed E-state index contributed by atoms with van der Waals surface area (Å²) in [6, 6.07) is 7.44. The van der Waals surface area contributed by atoms with Crippen LogP contribution in [0, 0.1) is 13.8 Å². The van der Waals surface area contributed by atoms with Crippen molar-refractivity contribution in [1.82, 2.24) is 4.98 Å². The van der Waals surface area contributed by atoms with Crippen LogP contribution in [0.5, 0.6) is 0 Å². The maximum Gasteiger partial charge on any atom is 0.123 e. The number of rotatable bonds is 2. The minimum Gasteiger partial charge on any atom is -0.382 e. The van der Waals surface area contributed by atoms with E-state index in [-0.39, 0.29) is 0 Å². The van der Waals surface area contributed by atoms with Gasteiger partial charge in [0.05, 0.1) is 15.7 Å². The first-order valence-corrected chi connectivity index (χ1v) is 6.31. The van der Waals surface area contributed by atoms with Gasteiger partial charge in [-0.05, 0) is 31.0 Å². The second kappa shape index (κ2) is 5.27. The van der Waals surface area contributed by atoms with Crippen LogP contribution in [0.4, 0.5) is 0 Å². The molecular formula is C14H13Cl2NO. The van der Waals surface area contributed by atoms with Gasteiger partial charge in [0.15, 0.2) is 0 Å². The van der Waals surface area contributed by atoms with Crippen molar-refractivity contribution in [3.05, 3.63) is 62.9 Å². The van der Waals surface area contributed by atoms with Crippen LogP contribution in [-0.2, 0) is 0 Å². The zero-order valence-electron chi connectivity index (χ0n) is 10.1. The lowest BCUT2D eigenvalue weighted by atomic mass is 9.99. The number of benzene rings is 1. The molecule has 18 heavy (non-hydrogen) atoms. The highest BCUT2D eigenvalue weighted by Gasteiger charge is 2.17. The summed E-state index contributed by atoms with van der Waals surface area (Å²) in [4.78, 5) is 4.10. The first kappa shape index (κ1) is 13.3. The van der Waals surface area contributed by atoms with Crippen molar-refractivity contribution in [1.29, 1.82) is 0 Å². The first-order chi connectivity index (χ1) is 8.49. The van der Waals surface area contributed by atoms with Crippen LogP contribution in [-0.4, -0.2) is 10.1 Å². The summed E-state index contributed by atoms with van der Waals surface area (Å²) in [7, 11) is 0. The van der Waals surface area contributed by atoms with Crippen molar-refractivity contribution in [3.63, 3.8) is 0 Å². The number of aromatic nitrogens is 1. The Morgan fingerprint density at radius 2 is 1.89 bits per heavy atom. The minimum atomic E-state index is -0.838. The molecule has 4 heteroatoms. The van der Waals surface area contributed by atoms with Gasteiger partial charge in [-0.2, -0.15) is 0 Å². The summed E-state index contributed by atoms with van der Waals surface area (Å²) in [5, 5.41) is 11.2. The number of aryl methyl sites for hydroxylation is 2. The van der Waals surface area contributed by atoms with Crippen LogP contribution in [0.25, 0.3) is 0 Å². The van der Waals surface area contributed by atoms with Crippen LogP contribution in [0.2, 0.25) is 10.0 Å². The third-order valence-electron chi connectivity index (χ3n) is 2.82. The Bertz CT molecular complexity index is 533. The molecule has 0 fully saturated rings. The Morgan fingerprint density at radius 1 is 1.17 bits per heavy atom. The van der Waals surface area contributed by atoms with Gasteiger partial charge in [-0.3, -0.25) is 4.98 Å². The largest absolute Gasteiger partial charge is 0.382 e. The monoisotopic (exact) mass is 281 g/mol. The van der Waals surface area contributed by atoms with E-state index >= 15 is 0 Å². The van der Waals surface area contributed by atoms with Crippen molar-refractivity contribution in [2.75, 3.05) is 0 Å². The molecule has 0 aliphatic rings. The summed E-state index contributed by atoms with van der Waals surface area (Å²) < 4.78 is 0. The molecule has 1 atom stereocenters. The molecule has 0 saturated heterocycles. The second-order valence-corrected chi connectivity index (χ2v) is 5.13. The van der Waals surface area contributed by atoms with Crippen LogP contribution in [0.15, 0.2) is 30.5 Å². The fraction of sp³-hybridized carbons (Fsp3) is 0.214. The van der Waals surface area contributed by atoms with Gasteiger partial charge < -0.3 is 5.11 Å². The molecule has 0 radical (unpaired) electrons. The molecule has 1 aromatic carbocycles. The highest BCUT2D eigenvalue weighted by molar-refractivity contribution is 6.34. The SMILES string of the molecule is Cc1ccc(C(O)c2ncc(Cl)cc2Cl)c(C)c1. The van der Waals surface area contributed by atoms with E-state index in [9.17, 15) is 5.11 Å². The van der Waals surface area contributed by atoms with Gasteiger partial charge in [-0.1, -0.05) is 47.0 Å². The van der Waals surface area contributed by atoms with Crippen LogP contribution >= 0.6 is 23.2 Å². The van der Waals surface area contributed by atoms with E-state index in [0.717, 1.165) is 16.7 Å². The fourth-order valence-corrected chi connectivity index (χ4v) is 2.39. The lowest BCUT2D eigenvalue weighted by molar-refractivity contribution is 0.214. The third kappa shape index (κ3) is 2.66. The number of pyridine rings is 1. The predicted molar refractivity (Wildman–Crippen MR) is 74.2 cm³/mol. The molecule has 2 rings (SSSR count). The van der Waals surface area contributed by atoms with Crippen molar-refractivity contribution < 1.29 is 5.11 Å². The van der Waals surface area contributed by atoms with Crippen LogP contribution in [0.3, 0.4) is 0 Å². The molecule has 0 bridgehead atoms. The van der Waals surface area contributed by atoms with Gasteiger partial charge in [0.1, 0.15) is 6.10 Å². The summed E-state index contributed by atoms with van der Waals surface area (Å²) in [6.07, 6.45) is 0.644. The van der Waals surface area contributed by atoms with E-state index in [1.54, 1.807) is 6.07 Å². The van der Waals surface area contributed by atoms with E-state index < -0.39 is 6.10 Å². The zero-order valence-corrected chi connectivity index (χ0v) is 11.6. The Kier molecular flexibility index (Phi) is 3.91. The third-order valence-corrected chi connectivity index (χ3v) is 3.32. The van der Waals surface area contributed by atoms with E-state index in [1.807, 2.05) is 32.0 Å². The summed E-state index contributed by atoms with van der Waals surface area (Å²) in [6.45, 7) is 3.96. The Balaban J connectivity index is 2.44. The quantitative estimate of drug-likeness (QED) is 0.900. The maximum atomic E-state index is 10.3. The van der Waals surface area contributed by atoms with Crippen molar-refractivity contribution in [3.8, 4) is 0 Å². The van der Waals surface area contributed by atoms with Crippen molar-refractivity contribution in [2.24, 2.45) is 0 Å². The molecule has 1 N–H and O–H groups in total. The number of hydrogen-bond acceptors (Lipinski definition) is 2. The number of aliphatic hydroxyl groups excluding tert-OH is 1. The van der Waals surface area contributed by atoms with Gasteiger partial charge in [0.2, 0.25) is 0 Å². The summed E-state index contributed by atoms with van der Waals surface area (Å²) in [5.74, 6) is 0. The predicted octanol–water partition coefficient (Wildman–Crippen LogP) is 4.09. The topological polar surface area (TPSA) is 33.1 Å². The molecule has 0 aliphatic heterocycles. The highest BCUT2D eigenvalue weighted by atomic mass is 35.5. The number of aliphatic hydroxyl groups is 1. The van der Waals surface area contributed by atoms with Gasteiger partial charge in [0, 0.05) is 6.20 Å². The molecule has 0 aliphatic carbocycles. The molecule has 94 valence electrons. The van der Waals surface area contributed by atoms with E-state index in [4.69, 9.17) is 23.2 Å². The molecule has 2 aromatic rings. The first-order valence-electron chi connectivity index (χ1n) is 5.55. The molecule has 0 spiro atoms. The summed E-state index contributed by atoms with van der Waals surface area (Å²) in [5.41, 5.74) is 3.39. The average molecular weight is 282 g/mol. The number of nitrogens with zero attached hydrogens (tertiary/aromatic N) is 1. The molecule has 0 saturated carbocycles. The average Bonchev–Trinajstić information content (AvgIpc) is 2.28. The lowest BCUT2D eigenvalue weighted by Crippen LogP contribution is -2.05. The Labute approximate surface area is 116 Å². The van der Waals surface area contributed by atoms with E-state index in [2.05, 4.69) is 4.98 Å². The van der Waals surface area contributed by atoms with Crippen molar-refractivity contribution in [2.45, 2.75) is 20.0 Å². The van der Waals surface area contributed by atoms with Crippen LogP contribution < -0.4 is 0 Å². The molecule has 0 amide bonds. The van der Waals surface area contributed by atoms with Gasteiger partial charge in [0.25, 0.3) is 0 Å². The molecule has 1 heterocycles. The Hall–Kier alpha value is -1.09. The molecule has 2 nitrogen and oxygen atoms in total. The second-order valence-electron chi connectivity index (χ2n) is 4.28. The highest BCUT2D eigenvalue weighted by Crippen LogP contribution is 2.30. The maximum absolute atomic E-state index is 10.3. The fourth-order valence-electron chi connectivity index (χ4n) is 1.91. The minimum absolute atomic E-state index is 0.370. The molecule has 1 aromatic heterocycles. The van der Waals surface area contributed by atoms with Crippen molar-refractivity contribution >= 4 is 23.2 Å². The van der Waals surface area contributed by atoms with E-state index in [0.29, 0.717) is 15.7 Å². The smallest absolute Gasteiger partial charge is 0.123 e. The number of hydrogen-bond donors (Lipinski definition) is 1. The molecule has 1 unspecified atom stereocenters. The standard InChI is InChI=1S/C14H13Cl2NO/c1-8-3-4-11(9(2)5-8)14(18)13-12(16)6-10(15)7-17-13/h3-7,14,18H,1-2H3. The summed E-state index contributed by atoms with van der Waals surface area (Å²) >= 11 is 11.8. The normalized spacial score (nSPS) is 12.5. The molecular weight excluding hydrogens is 269 g/mol. The van der Waals surface area contributed by atoms with Crippen LogP contribution in [0.1, 0.15) is 28.5 Å². The van der Waals surface area contributed by atoms with Gasteiger partial charge >= 0.3 is 0 Å². The Morgan fingerprint density at radius 3 is 2.50 bits per heavy atom.